The van der Waals surface area contributed by atoms with Gasteiger partial charge in [-0.3, -0.25) is 0 Å². The van der Waals surface area contributed by atoms with Gasteiger partial charge in [0.05, 0.1) is 30.3 Å². The van der Waals surface area contributed by atoms with Crippen molar-refractivity contribution in [2.45, 2.75) is 31.6 Å². The summed E-state index contributed by atoms with van der Waals surface area (Å²) in [7, 11) is 1.32. The Kier molecular flexibility index (Phi) is 4.58. The number of benzene rings is 2. The third kappa shape index (κ3) is 3.09. The van der Waals surface area contributed by atoms with E-state index in [0.29, 0.717) is 28.1 Å². The minimum Gasteiger partial charge on any atom is -0.485 e. The van der Waals surface area contributed by atoms with Gasteiger partial charge >= 0.3 is 5.97 Å². The van der Waals surface area contributed by atoms with Crippen LogP contribution in [0.3, 0.4) is 0 Å². The highest BCUT2D eigenvalue weighted by molar-refractivity contribution is 5.95. The summed E-state index contributed by atoms with van der Waals surface area (Å²) < 4.78 is 10.7. The van der Waals surface area contributed by atoms with Crippen molar-refractivity contribution in [1.82, 2.24) is 0 Å². The Hall–Kier alpha value is -3.04. The molecule has 0 spiro atoms. The molecule has 1 heterocycles. The first-order valence-electron chi connectivity index (χ1n) is 8.22. The van der Waals surface area contributed by atoms with Crippen LogP contribution in [0, 0.1) is 11.3 Å². The van der Waals surface area contributed by atoms with Crippen LogP contribution in [0.25, 0.3) is 0 Å². The molecule has 1 aliphatic rings. The number of carbonyl (C=O) groups excluding carboxylic acids is 1. The molecular formula is C20H20N2O4. The van der Waals surface area contributed by atoms with E-state index in [1.54, 1.807) is 56.3 Å². The van der Waals surface area contributed by atoms with Crippen molar-refractivity contribution in [2.75, 3.05) is 12.4 Å². The molecule has 0 bridgehead atoms. The maximum absolute atomic E-state index is 12.0. The molecule has 3 rings (SSSR count). The number of rotatable bonds is 3. The molecule has 2 unspecified atom stereocenters. The van der Waals surface area contributed by atoms with Crippen molar-refractivity contribution in [3.63, 3.8) is 0 Å². The number of carbonyl (C=O) groups is 1. The fourth-order valence-electron chi connectivity index (χ4n) is 3.09. The normalized spacial score (nSPS) is 20.3. The molecule has 2 aromatic rings. The molecule has 1 aliphatic heterocycles. The molecule has 2 aromatic carbocycles. The van der Waals surface area contributed by atoms with Gasteiger partial charge in [-0.15, -0.1) is 0 Å². The minimum absolute atomic E-state index is 0.365. The second-order valence-corrected chi connectivity index (χ2v) is 6.67. The van der Waals surface area contributed by atoms with Crippen molar-refractivity contribution in [1.29, 1.82) is 5.26 Å². The summed E-state index contributed by atoms with van der Waals surface area (Å²) >= 11 is 0. The van der Waals surface area contributed by atoms with E-state index in [9.17, 15) is 15.2 Å². The highest BCUT2D eigenvalue weighted by atomic mass is 16.5. The highest BCUT2D eigenvalue weighted by Gasteiger charge is 2.43. The van der Waals surface area contributed by atoms with Crippen molar-refractivity contribution in [3.8, 4) is 11.8 Å². The average Bonchev–Trinajstić information content (AvgIpc) is 2.64. The first-order valence-corrected chi connectivity index (χ1v) is 8.22. The van der Waals surface area contributed by atoms with Crippen LogP contribution in [0.4, 0.5) is 5.69 Å². The lowest BCUT2D eigenvalue weighted by Crippen LogP contribution is -2.50. The maximum Gasteiger partial charge on any atom is 0.339 e. The summed E-state index contributed by atoms with van der Waals surface area (Å²) in [6.07, 6.45) is -0.908. The largest absolute Gasteiger partial charge is 0.485 e. The lowest BCUT2D eigenvalue weighted by Gasteiger charge is -2.42. The Balaban J connectivity index is 2.07. The molecule has 0 aromatic heterocycles. The number of nitrogens with one attached hydrogen (secondary N) is 1. The lowest BCUT2D eigenvalue weighted by molar-refractivity contribution is -0.0532. The van der Waals surface area contributed by atoms with E-state index < -0.39 is 23.7 Å². The molecule has 134 valence electrons. The van der Waals surface area contributed by atoms with Crippen LogP contribution in [0.1, 0.15) is 41.4 Å². The fourth-order valence-corrected chi connectivity index (χ4v) is 3.09. The van der Waals surface area contributed by atoms with Gasteiger partial charge < -0.3 is 19.9 Å². The van der Waals surface area contributed by atoms with E-state index in [1.165, 1.54) is 7.11 Å². The minimum atomic E-state index is -0.908. The van der Waals surface area contributed by atoms with E-state index in [-0.39, 0.29) is 0 Å². The summed E-state index contributed by atoms with van der Waals surface area (Å²) in [6, 6.07) is 13.5. The molecule has 0 fully saturated rings. The zero-order valence-corrected chi connectivity index (χ0v) is 14.8. The number of para-hydroxylation sites is 1. The molecule has 26 heavy (non-hydrogen) atoms. The van der Waals surface area contributed by atoms with Crippen molar-refractivity contribution in [2.24, 2.45) is 0 Å². The number of nitriles is 1. The fraction of sp³-hybridized carbons (Fsp3) is 0.300. The SMILES string of the molecule is COC(=O)c1ccccc1NC1c2cc(C#N)ccc2OC(C)(C)C1O. The van der Waals surface area contributed by atoms with E-state index in [2.05, 4.69) is 11.4 Å². The molecule has 0 amide bonds. The molecule has 0 saturated heterocycles. The van der Waals surface area contributed by atoms with Gasteiger partial charge in [-0.2, -0.15) is 5.26 Å². The van der Waals surface area contributed by atoms with E-state index >= 15 is 0 Å². The van der Waals surface area contributed by atoms with Crippen molar-refractivity contribution < 1.29 is 19.4 Å². The summed E-state index contributed by atoms with van der Waals surface area (Å²) in [4.78, 5) is 12.0. The number of aliphatic hydroxyl groups is 1. The lowest BCUT2D eigenvalue weighted by atomic mass is 9.85. The summed E-state index contributed by atoms with van der Waals surface area (Å²) in [5, 5.41) is 23.3. The van der Waals surface area contributed by atoms with Crippen LogP contribution >= 0.6 is 0 Å². The molecule has 0 saturated carbocycles. The molecule has 6 heteroatoms. The van der Waals surface area contributed by atoms with Crippen molar-refractivity contribution >= 4 is 11.7 Å². The monoisotopic (exact) mass is 352 g/mol. The van der Waals surface area contributed by atoms with Gasteiger partial charge in [0.25, 0.3) is 0 Å². The van der Waals surface area contributed by atoms with Crippen LogP contribution in [0.2, 0.25) is 0 Å². The highest BCUT2D eigenvalue weighted by Crippen LogP contribution is 2.42. The van der Waals surface area contributed by atoms with E-state index in [0.717, 1.165) is 0 Å². The van der Waals surface area contributed by atoms with Gasteiger partial charge in [0.1, 0.15) is 17.5 Å². The second-order valence-electron chi connectivity index (χ2n) is 6.67. The van der Waals surface area contributed by atoms with Crippen LogP contribution in [0.15, 0.2) is 42.5 Å². The second kappa shape index (κ2) is 6.70. The van der Waals surface area contributed by atoms with Crippen LogP contribution < -0.4 is 10.1 Å². The maximum atomic E-state index is 12.0. The zero-order chi connectivity index (χ0) is 18.9. The Morgan fingerprint density at radius 1 is 1.31 bits per heavy atom. The Labute approximate surface area is 152 Å². The summed E-state index contributed by atoms with van der Waals surface area (Å²) in [5.74, 6) is 0.118. The number of aliphatic hydroxyl groups excluding tert-OH is 1. The Morgan fingerprint density at radius 2 is 2.04 bits per heavy atom. The topological polar surface area (TPSA) is 91.6 Å². The van der Waals surface area contributed by atoms with Gasteiger partial charge in [0.2, 0.25) is 0 Å². The molecule has 2 atom stereocenters. The van der Waals surface area contributed by atoms with Crippen molar-refractivity contribution in [3.05, 3.63) is 59.2 Å². The van der Waals surface area contributed by atoms with Gasteiger partial charge in [-0.05, 0) is 44.2 Å². The van der Waals surface area contributed by atoms with E-state index in [4.69, 9.17) is 9.47 Å². The predicted octanol–water partition coefficient (Wildman–Crippen LogP) is 3.03. The first kappa shape index (κ1) is 17.8. The molecule has 6 nitrogen and oxygen atoms in total. The predicted molar refractivity (Wildman–Crippen MR) is 96.0 cm³/mol. The van der Waals surface area contributed by atoms with Gasteiger partial charge in [-0.25, -0.2) is 4.79 Å². The summed E-state index contributed by atoms with van der Waals surface area (Å²) in [6.45, 7) is 3.58. The van der Waals surface area contributed by atoms with Gasteiger partial charge in [0, 0.05) is 11.3 Å². The Bertz CT molecular complexity index is 886. The third-order valence-corrected chi connectivity index (χ3v) is 4.52. The molecule has 2 N–H and O–H groups in total. The third-order valence-electron chi connectivity index (χ3n) is 4.52. The molecule has 0 radical (unpaired) electrons. The number of hydrogen-bond acceptors (Lipinski definition) is 6. The number of esters is 1. The van der Waals surface area contributed by atoms with Crippen LogP contribution in [0.5, 0.6) is 5.75 Å². The molecular weight excluding hydrogens is 332 g/mol. The quantitative estimate of drug-likeness (QED) is 0.825. The van der Waals surface area contributed by atoms with Crippen LogP contribution in [-0.2, 0) is 4.74 Å². The van der Waals surface area contributed by atoms with E-state index in [1.807, 2.05) is 0 Å². The Morgan fingerprint density at radius 3 is 2.73 bits per heavy atom. The number of fused-ring (bicyclic) bond motifs is 1. The average molecular weight is 352 g/mol. The number of hydrogen-bond donors (Lipinski definition) is 2. The zero-order valence-electron chi connectivity index (χ0n) is 14.8. The first-order chi connectivity index (χ1) is 12.4. The number of nitrogens with zero attached hydrogens (tertiary/aromatic N) is 1. The number of ether oxygens (including phenoxy) is 2. The van der Waals surface area contributed by atoms with Gasteiger partial charge in [0.15, 0.2) is 0 Å². The standard InChI is InChI=1S/C20H20N2O4/c1-20(2)18(23)17(14-10-12(11-21)8-9-16(14)26-20)22-15-7-5-4-6-13(15)19(24)25-3/h4-10,17-18,22-23H,1-3H3. The molecule has 0 aliphatic carbocycles. The number of anilines is 1. The summed E-state index contributed by atoms with van der Waals surface area (Å²) in [5.41, 5.74) is 1.18. The van der Waals surface area contributed by atoms with Crippen LogP contribution in [-0.4, -0.2) is 29.9 Å². The van der Waals surface area contributed by atoms with Gasteiger partial charge in [-0.1, -0.05) is 12.1 Å². The number of methoxy groups -OCH3 is 1. The smallest absolute Gasteiger partial charge is 0.339 e.